The fourth-order valence-electron chi connectivity index (χ4n) is 5.74. The molecule has 0 bridgehead atoms. The van der Waals surface area contributed by atoms with E-state index in [1.165, 1.54) is 0 Å². The Labute approximate surface area is 266 Å². The third-order valence-corrected chi connectivity index (χ3v) is 8.06. The summed E-state index contributed by atoms with van der Waals surface area (Å²) >= 11 is 0. The van der Waals surface area contributed by atoms with E-state index in [0.717, 1.165) is 44.1 Å². The van der Waals surface area contributed by atoms with Crippen LogP contribution in [-0.2, 0) is 6.54 Å². The number of hydrogen-bond donors (Lipinski definition) is 4. The molecular formula is C39H31N5O2. The molecule has 7 heteroatoms. The van der Waals surface area contributed by atoms with Crippen LogP contribution in [0.2, 0.25) is 0 Å². The molecule has 0 saturated carbocycles. The molecule has 1 aromatic heterocycles. The van der Waals surface area contributed by atoms with Crippen LogP contribution in [0.3, 0.4) is 0 Å². The fraction of sp³-hybridized carbons (Fsp3) is 0.0256. The van der Waals surface area contributed by atoms with E-state index in [1.54, 1.807) is 30.3 Å². The van der Waals surface area contributed by atoms with Crippen molar-refractivity contribution in [1.82, 2.24) is 4.57 Å². The molecule has 6 N–H and O–H groups in total. The number of nitrogen functional groups attached to an aromatic ring is 2. The van der Waals surface area contributed by atoms with Crippen LogP contribution in [0.1, 0.15) is 21.6 Å². The lowest BCUT2D eigenvalue weighted by atomic mass is 10.0. The lowest BCUT2D eigenvalue weighted by Gasteiger charge is -2.16. The molecule has 7 rings (SSSR count). The van der Waals surface area contributed by atoms with Crippen molar-refractivity contribution < 1.29 is 9.53 Å². The predicted molar refractivity (Wildman–Crippen MR) is 187 cm³/mol. The number of carbonyl (C=O) groups excluding carboxylic acids is 1. The number of carbonyl (C=O) groups is 1. The van der Waals surface area contributed by atoms with Crippen molar-refractivity contribution in [2.24, 2.45) is 5.73 Å². The van der Waals surface area contributed by atoms with E-state index in [2.05, 4.69) is 41.7 Å². The highest BCUT2D eigenvalue weighted by atomic mass is 16.5. The number of amides is 1. The van der Waals surface area contributed by atoms with Crippen molar-refractivity contribution in [3.63, 3.8) is 0 Å². The molecule has 0 aliphatic rings. The van der Waals surface area contributed by atoms with Crippen LogP contribution in [0.15, 0.2) is 140 Å². The monoisotopic (exact) mass is 601 g/mol. The Morgan fingerprint density at radius 2 is 1.43 bits per heavy atom. The summed E-state index contributed by atoms with van der Waals surface area (Å²) in [5, 5.41) is 14.0. The minimum absolute atomic E-state index is 0.0401. The maximum Gasteiger partial charge on any atom is 0.272 e. The molecule has 0 fully saturated rings. The zero-order chi connectivity index (χ0) is 31.6. The van der Waals surface area contributed by atoms with Gasteiger partial charge in [-0.3, -0.25) is 10.2 Å². The zero-order valence-electron chi connectivity index (χ0n) is 24.9. The standard InChI is InChI=1S/C39H31N5O2/c40-31-14-16-32(17-15-31)43-39(45)37-22-28-10-11-29(38(41)42)23-36(28)44(37)24-30-21-34(20-27-8-4-5-9-35(27)30)46-33-18-12-26(13-19-33)25-6-2-1-3-7-25/h1-23H,24,40H2,(H3,41,42)(H,43,45). The maximum atomic E-state index is 13.7. The van der Waals surface area contributed by atoms with Gasteiger partial charge in [-0.1, -0.05) is 78.9 Å². The Balaban J connectivity index is 1.28. The molecule has 0 aliphatic heterocycles. The van der Waals surface area contributed by atoms with Gasteiger partial charge >= 0.3 is 0 Å². The van der Waals surface area contributed by atoms with E-state index in [1.807, 2.05) is 77.4 Å². The van der Waals surface area contributed by atoms with Gasteiger partial charge in [-0.2, -0.15) is 0 Å². The minimum Gasteiger partial charge on any atom is -0.457 e. The third kappa shape index (κ3) is 5.77. The molecule has 0 saturated heterocycles. The van der Waals surface area contributed by atoms with E-state index in [9.17, 15) is 4.79 Å². The van der Waals surface area contributed by atoms with E-state index in [4.69, 9.17) is 21.6 Å². The van der Waals surface area contributed by atoms with E-state index < -0.39 is 0 Å². The van der Waals surface area contributed by atoms with Gasteiger partial charge < -0.3 is 26.1 Å². The molecule has 0 spiro atoms. The number of ether oxygens (including phenoxy) is 1. The maximum absolute atomic E-state index is 13.7. The van der Waals surface area contributed by atoms with Gasteiger partial charge in [0.05, 0.1) is 0 Å². The van der Waals surface area contributed by atoms with Crippen molar-refractivity contribution in [1.29, 1.82) is 5.41 Å². The molecule has 1 heterocycles. The summed E-state index contributed by atoms with van der Waals surface area (Å²) in [6.45, 7) is 0.375. The quantitative estimate of drug-likeness (QED) is 0.0794. The second-order valence-electron chi connectivity index (χ2n) is 11.2. The summed E-state index contributed by atoms with van der Waals surface area (Å²) in [7, 11) is 0. The number of benzene rings is 6. The van der Waals surface area contributed by atoms with Crippen molar-refractivity contribution in [2.75, 3.05) is 11.1 Å². The first-order valence-electron chi connectivity index (χ1n) is 14.9. The molecule has 46 heavy (non-hydrogen) atoms. The van der Waals surface area contributed by atoms with Gasteiger partial charge in [0.15, 0.2) is 0 Å². The molecule has 0 aliphatic carbocycles. The van der Waals surface area contributed by atoms with Crippen molar-refractivity contribution in [2.45, 2.75) is 6.54 Å². The molecule has 0 radical (unpaired) electrons. The second kappa shape index (κ2) is 12.0. The summed E-state index contributed by atoms with van der Waals surface area (Å²) in [4.78, 5) is 13.7. The van der Waals surface area contributed by atoms with Crippen molar-refractivity contribution in [3.8, 4) is 22.6 Å². The van der Waals surface area contributed by atoms with Crippen LogP contribution in [0.4, 0.5) is 11.4 Å². The van der Waals surface area contributed by atoms with Crippen molar-refractivity contribution >= 4 is 44.8 Å². The van der Waals surface area contributed by atoms with Gasteiger partial charge in [-0.25, -0.2) is 0 Å². The molecule has 6 aromatic carbocycles. The Morgan fingerprint density at radius 3 is 2.20 bits per heavy atom. The zero-order valence-corrected chi connectivity index (χ0v) is 24.9. The van der Waals surface area contributed by atoms with Gasteiger partial charge in [-0.15, -0.1) is 0 Å². The first-order valence-corrected chi connectivity index (χ1v) is 14.9. The Kier molecular flexibility index (Phi) is 7.40. The topological polar surface area (TPSA) is 119 Å². The van der Waals surface area contributed by atoms with Crippen LogP contribution in [0.5, 0.6) is 11.5 Å². The summed E-state index contributed by atoms with van der Waals surface area (Å²) < 4.78 is 8.37. The summed E-state index contributed by atoms with van der Waals surface area (Å²) in [5.41, 5.74) is 18.0. The fourth-order valence-corrected chi connectivity index (χ4v) is 5.74. The number of nitrogens with zero attached hydrogens (tertiary/aromatic N) is 1. The minimum atomic E-state index is -0.263. The summed E-state index contributed by atoms with van der Waals surface area (Å²) in [6.07, 6.45) is 0. The SMILES string of the molecule is N=C(N)c1ccc2cc(C(=O)Nc3ccc(N)cc3)n(Cc3cc(Oc4ccc(-c5ccccc5)cc4)cc4ccccc34)c2c1. The number of aromatic nitrogens is 1. The first kappa shape index (κ1) is 28.4. The number of nitrogens with one attached hydrogen (secondary N) is 2. The third-order valence-electron chi connectivity index (χ3n) is 8.06. The number of nitrogens with two attached hydrogens (primary N) is 2. The predicted octanol–water partition coefficient (Wildman–Crippen LogP) is 8.42. The van der Waals surface area contributed by atoms with Crippen LogP contribution in [0, 0.1) is 5.41 Å². The van der Waals surface area contributed by atoms with Gasteiger partial charge in [0.25, 0.3) is 5.91 Å². The molecule has 224 valence electrons. The van der Waals surface area contributed by atoms with E-state index >= 15 is 0 Å². The van der Waals surface area contributed by atoms with Crippen molar-refractivity contribution in [3.05, 3.63) is 156 Å². The lowest BCUT2D eigenvalue weighted by Crippen LogP contribution is -2.18. The smallest absolute Gasteiger partial charge is 0.272 e. The number of amidine groups is 1. The number of rotatable bonds is 8. The average Bonchev–Trinajstić information content (AvgIpc) is 3.44. The number of fused-ring (bicyclic) bond motifs is 2. The Morgan fingerprint density at radius 1 is 0.717 bits per heavy atom. The van der Waals surface area contributed by atoms with Crippen LogP contribution in [0.25, 0.3) is 32.8 Å². The number of hydrogen-bond acceptors (Lipinski definition) is 4. The van der Waals surface area contributed by atoms with Gasteiger partial charge in [0.1, 0.15) is 23.0 Å². The van der Waals surface area contributed by atoms with Crippen LogP contribution in [-0.4, -0.2) is 16.3 Å². The van der Waals surface area contributed by atoms with E-state index in [0.29, 0.717) is 34.9 Å². The van der Waals surface area contributed by atoms with Crippen LogP contribution < -0.4 is 21.5 Å². The van der Waals surface area contributed by atoms with E-state index in [-0.39, 0.29) is 11.7 Å². The normalized spacial score (nSPS) is 11.0. The van der Waals surface area contributed by atoms with Crippen LogP contribution >= 0.6 is 0 Å². The van der Waals surface area contributed by atoms with Gasteiger partial charge in [0, 0.05) is 34.4 Å². The first-order chi connectivity index (χ1) is 22.4. The van der Waals surface area contributed by atoms with Gasteiger partial charge in [0.2, 0.25) is 0 Å². The summed E-state index contributed by atoms with van der Waals surface area (Å²) in [5.74, 6) is 1.11. The molecule has 0 unspecified atom stereocenters. The Bertz CT molecular complexity index is 2220. The lowest BCUT2D eigenvalue weighted by molar-refractivity contribution is 0.101. The van der Waals surface area contributed by atoms with Gasteiger partial charge in [-0.05, 0) is 88.1 Å². The Hall–Kier alpha value is -6.34. The molecule has 0 atom stereocenters. The summed E-state index contributed by atoms with van der Waals surface area (Å²) in [6, 6.07) is 44.9. The molecule has 7 aromatic rings. The largest absolute Gasteiger partial charge is 0.457 e. The average molecular weight is 602 g/mol. The molecular weight excluding hydrogens is 570 g/mol. The highest BCUT2D eigenvalue weighted by Crippen LogP contribution is 2.32. The molecule has 7 nitrogen and oxygen atoms in total. The number of anilines is 2. The highest BCUT2D eigenvalue weighted by Gasteiger charge is 2.19. The second-order valence-corrected chi connectivity index (χ2v) is 11.2. The molecule has 1 amide bonds. The highest BCUT2D eigenvalue weighted by molar-refractivity contribution is 6.07.